The number of fused-ring (bicyclic) bond motifs is 1. The van der Waals surface area contributed by atoms with Crippen LogP contribution >= 0.6 is 11.8 Å². The molecule has 2 unspecified atom stereocenters. The zero-order valence-corrected chi connectivity index (χ0v) is 16.9. The summed E-state index contributed by atoms with van der Waals surface area (Å²) in [6.07, 6.45) is 0.730. The Morgan fingerprint density at radius 3 is 2.74 bits per heavy atom. The Labute approximate surface area is 165 Å². The van der Waals surface area contributed by atoms with Gasteiger partial charge in [0.1, 0.15) is 11.6 Å². The number of rotatable bonds is 7. The fourth-order valence-electron chi connectivity index (χ4n) is 3.19. The molecule has 5 nitrogen and oxygen atoms in total. The summed E-state index contributed by atoms with van der Waals surface area (Å²) in [6, 6.07) is 14.0. The Kier molecular flexibility index (Phi) is 5.97. The van der Waals surface area contributed by atoms with Crippen LogP contribution in [0.25, 0.3) is 0 Å². The van der Waals surface area contributed by atoms with Gasteiger partial charge in [0.2, 0.25) is 0 Å². The molecule has 0 aliphatic carbocycles. The van der Waals surface area contributed by atoms with E-state index in [4.69, 9.17) is 21.6 Å². The van der Waals surface area contributed by atoms with Gasteiger partial charge in [0.15, 0.2) is 0 Å². The number of anilines is 1. The van der Waals surface area contributed by atoms with Crippen molar-refractivity contribution in [3.05, 3.63) is 53.6 Å². The van der Waals surface area contributed by atoms with Gasteiger partial charge in [0.05, 0.1) is 17.7 Å². The fraction of sp³-hybridized carbons (Fsp3) is 0.381. The highest BCUT2D eigenvalue weighted by atomic mass is 32.2. The number of amidine groups is 1. The lowest BCUT2D eigenvalue weighted by Crippen LogP contribution is -2.43. The topological polar surface area (TPSA) is 88.4 Å². The van der Waals surface area contributed by atoms with Gasteiger partial charge in [-0.3, -0.25) is 5.41 Å². The minimum Gasteiger partial charge on any atom is -0.493 e. The lowest BCUT2D eigenvalue weighted by Gasteiger charge is -2.27. The van der Waals surface area contributed by atoms with E-state index in [2.05, 4.69) is 37.9 Å². The highest BCUT2D eigenvalue weighted by molar-refractivity contribution is 8.00. The average molecular weight is 385 g/mol. The van der Waals surface area contributed by atoms with Crippen molar-refractivity contribution in [2.45, 2.75) is 36.6 Å². The smallest absolute Gasteiger partial charge is 0.122 e. The maximum absolute atomic E-state index is 7.60. The normalized spacial score (nSPS) is 17.1. The van der Waals surface area contributed by atoms with Gasteiger partial charge >= 0.3 is 0 Å². The molecule has 2 aromatic rings. The monoisotopic (exact) mass is 384 g/mol. The van der Waals surface area contributed by atoms with Crippen molar-refractivity contribution in [3.8, 4) is 5.75 Å². The lowest BCUT2D eigenvalue weighted by molar-refractivity contribution is 0.270. The van der Waals surface area contributed by atoms with Crippen molar-refractivity contribution < 1.29 is 4.74 Å². The SMILES string of the molecule is CC(C)COc1ccc2c(c1)SC(C(N)Cc1cccc(C(=N)N)c1)N2C. The van der Waals surface area contributed by atoms with Crippen LogP contribution in [0.15, 0.2) is 47.4 Å². The van der Waals surface area contributed by atoms with Gasteiger partial charge in [-0.1, -0.05) is 43.8 Å². The second-order valence-electron chi connectivity index (χ2n) is 7.44. The molecular formula is C21H28N4OS. The van der Waals surface area contributed by atoms with Gasteiger partial charge in [-0.15, -0.1) is 0 Å². The van der Waals surface area contributed by atoms with E-state index in [0.717, 1.165) is 23.3 Å². The number of thioether (sulfide) groups is 1. The number of benzene rings is 2. The Morgan fingerprint density at radius 2 is 2.04 bits per heavy atom. The highest BCUT2D eigenvalue weighted by Crippen LogP contribution is 2.45. The van der Waals surface area contributed by atoms with Crippen LogP contribution in [0.5, 0.6) is 5.75 Å². The molecule has 0 saturated carbocycles. The molecule has 0 radical (unpaired) electrons. The van der Waals surface area contributed by atoms with E-state index in [1.54, 1.807) is 11.8 Å². The fourth-order valence-corrected chi connectivity index (χ4v) is 4.51. The first-order valence-corrected chi connectivity index (χ1v) is 10.1. The molecule has 1 heterocycles. The predicted octanol–water partition coefficient (Wildman–Crippen LogP) is 3.44. The molecule has 2 atom stereocenters. The first-order valence-electron chi connectivity index (χ1n) is 9.20. The summed E-state index contributed by atoms with van der Waals surface area (Å²) in [4.78, 5) is 3.45. The zero-order valence-electron chi connectivity index (χ0n) is 16.1. The Hall–Kier alpha value is -2.18. The van der Waals surface area contributed by atoms with Crippen LogP contribution in [0.4, 0.5) is 5.69 Å². The minimum absolute atomic E-state index is 0.0466. The summed E-state index contributed by atoms with van der Waals surface area (Å²) in [5, 5.41) is 7.76. The molecule has 5 N–H and O–H groups in total. The summed E-state index contributed by atoms with van der Waals surface area (Å²) < 4.78 is 5.86. The molecule has 1 aliphatic heterocycles. The van der Waals surface area contributed by atoms with Gasteiger partial charge in [0, 0.05) is 23.5 Å². The molecule has 2 aromatic carbocycles. The first kappa shape index (κ1) is 19.6. The molecule has 0 amide bonds. The van der Waals surface area contributed by atoms with Gasteiger partial charge in [-0.2, -0.15) is 0 Å². The Morgan fingerprint density at radius 1 is 1.26 bits per heavy atom. The van der Waals surface area contributed by atoms with Crippen LogP contribution in [0.1, 0.15) is 25.0 Å². The van der Waals surface area contributed by atoms with Crippen molar-refractivity contribution in [2.75, 3.05) is 18.6 Å². The number of nitrogens with zero attached hydrogens (tertiary/aromatic N) is 1. The molecule has 144 valence electrons. The van der Waals surface area contributed by atoms with E-state index in [9.17, 15) is 0 Å². The third-order valence-corrected chi connectivity index (χ3v) is 6.09. The Bertz CT molecular complexity index is 824. The summed E-state index contributed by atoms with van der Waals surface area (Å²) in [5.74, 6) is 1.49. The second-order valence-corrected chi connectivity index (χ2v) is 8.59. The van der Waals surface area contributed by atoms with E-state index in [1.165, 1.54) is 10.6 Å². The first-order chi connectivity index (χ1) is 12.8. The van der Waals surface area contributed by atoms with Crippen molar-refractivity contribution in [1.29, 1.82) is 5.41 Å². The van der Waals surface area contributed by atoms with E-state index >= 15 is 0 Å². The number of nitrogens with one attached hydrogen (secondary N) is 1. The molecule has 0 fully saturated rings. The maximum Gasteiger partial charge on any atom is 0.122 e. The van der Waals surface area contributed by atoms with E-state index in [0.29, 0.717) is 12.5 Å². The van der Waals surface area contributed by atoms with Crippen LogP contribution in [0.2, 0.25) is 0 Å². The van der Waals surface area contributed by atoms with Crippen LogP contribution in [0.3, 0.4) is 0 Å². The van der Waals surface area contributed by atoms with E-state index in [1.807, 2.05) is 30.3 Å². The third kappa shape index (κ3) is 4.57. The summed E-state index contributed by atoms with van der Waals surface area (Å²) in [5.41, 5.74) is 15.2. The third-order valence-electron chi connectivity index (χ3n) is 4.60. The predicted molar refractivity (Wildman–Crippen MR) is 114 cm³/mol. The lowest BCUT2D eigenvalue weighted by atomic mass is 10.0. The largest absolute Gasteiger partial charge is 0.493 e. The van der Waals surface area contributed by atoms with Crippen LogP contribution in [-0.2, 0) is 6.42 Å². The maximum atomic E-state index is 7.60. The molecule has 0 bridgehead atoms. The van der Waals surface area contributed by atoms with Crippen LogP contribution in [-0.4, -0.2) is 30.9 Å². The van der Waals surface area contributed by atoms with Crippen molar-refractivity contribution in [2.24, 2.45) is 17.4 Å². The summed E-state index contributed by atoms with van der Waals surface area (Å²) >= 11 is 1.78. The highest BCUT2D eigenvalue weighted by Gasteiger charge is 2.32. The van der Waals surface area contributed by atoms with Gasteiger partial charge in [-0.05, 0) is 42.2 Å². The molecule has 0 aromatic heterocycles. The van der Waals surface area contributed by atoms with Crippen LogP contribution < -0.4 is 21.1 Å². The molecule has 27 heavy (non-hydrogen) atoms. The molecule has 0 saturated heterocycles. The molecule has 1 aliphatic rings. The standard InChI is InChI=1S/C21H28N4OS/c1-13(2)12-26-16-7-8-18-19(11-16)27-21(25(18)3)17(22)10-14-5-4-6-15(9-14)20(23)24/h4-9,11,13,17,21H,10,12,22H2,1-3H3,(H3,23,24). The molecule has 6 heteroatoms. The number of hydrogen-bond acceptors (Lipinski definition) is 5. The van der Waals surface area contributed by atoms with Crippen molar-refractivity contribution >= 4 is 23.3 Å². The molecule has 3 rings (SSSR count). The summed E-state index contributed by atoms with van der Waals surface area (Å²) in [7, 11) is 2.09. The molecular weight excluding hydrogens is 356 g/mol. The minimum atomic E-state index is -0.0466. The number of nitrogens with two attached hydrogens (primary N) is 2. The van der Waals surface area contributed by atoms with Crippen molar-refractivity contribution in [3.63, 3.8) is 0 Å². The zero-order chi connectivity index (χ0) is 19.6. The quantitative estimate of drug-likeness (QED) is 0.503. The van der Waals surface area contributed by atoms with Crippen molar-refractivity contribution in [1.82, 2.24) is 0 Å². The Balaban J connectivity index is 1.70. The number of ether oxygens (including phenoxy) is 1. The van der Waals surface area contributed by atoms with E-state index in [-0.39, 0.29) is 17.3 Å². The van der Waals surface area contributed by atoms with Gasteiger partial charge in [-0.25, -0.2) is 0 Å². The average Bonchev–Trinajstić information content (AvgIpc) is 2.96. The summed E-state index contributed by atoms with van der Waals surface area (Å²) in [6.45, 7) is 5.01. The second kappa shape index (κ2) is 8.23. The number of nitrogen functional groups attached to an aromatic ring is 1. The number of hydrogen-bond donors (Lipinski definition) is 3. The molecule has 0 spiro atoms. The van der Waals surface area contributed by atoms with Gasteiger partial charge < -0.3 is 21.1 Å². The number of likely N-dealkylation sites (N-methyl/N-ethyl adjacent to an activating group) is 1. The van der Waals surface area contributed by atoms with E-state index < -0.39 is 0 Å². The van der Waals surface area contributed by atoms with Gasteiger partial charge in [0.25, 0.3) is 0 Å². The van der Waals surface area contributed by atoms with Crippen LogP contribution in [0, 0.1) is 11.3 Å².